The number of hydrogen-bond acceptors (Lipinski definition) is 3. The van der Waals surface area contributed by atoms with Crippen molar-refractivity contribution in [2.45, 2.75) is 51.0 Å². The molecule has 0 spiro atoms. The molecule has 1 saturated carbocycles. The number of nitrogens with two attached hydrogens (primary N) is 1. The van der Waals surface area contributed by atoms with E-state index in [-0.39, 0.29) is 24.2 Å². The number of carbonyl (C=O) groups excluding carboxylic acids is 2. The first-order valence-electron chi connectivity index (χ1n) is 9.50. The summed E-state index contributed by atoms with van der Waals surface area (Å²) in [5.41, 5.74) is 7.65. The van der Waals surface area contributed by atoms with E-state index in [0.717, 1.165) is 37.7 Å². The standard InChI is InChI=1S/C20H29N3O2.ClH/c1-2-16-6-8-17(9-7-16)18(24)22-12-14-23(15-13-22)19(25)20(21)10-4-3-5-11-20;/h6-9H,2-5,10-15,21H2,1H3;1H. The fraction of sp³-hybridized carbons (Fsp3) is 0.600. The summed E-state index contributed by atoms with van der Waals surface area (Å²) in [4.78, 5) is 29.1. The molecule has 0 aromatic heterocycles. The molecule has 0 unspecified atom stereocenters. The zero-order chi connectivity index (χ0) is 17.9. The first-order valence-corrected chi connectivity index (χ1v) is 9.50. The molecule has 6 heteroatoms. The lowest BCUT2D eigenvalue weighted by Gasteiger charge is -2.41. The van der Waals surface area contributed by atoms with Crippen LogP contribution in [0.5, 0.6) is 0 Å². The predicted molar refractivity (Wildman–Crippen MR) is 106 cm³/mol. The molecule has 2 N–H and O–H groups in total. The van der Waals surface area contributed by atoms with Crippen LogP contribution in [0.3, 0.4) is 0 Å². The maximum Gasteiger partial charge on any atom is 0.253 e. The fourth-order valence-corrected chi connectivity index (χ4v) is 3.89. The van der Waals surface area contributed by atoms with E-state index in [1.165, 1.54) is 12.0 Å². The van der Waals surface area contributed by atoms with Crippen LogP contribution in [-0.4, -0.2) is 53.3 Å². The molecule has 0 atom stereocenters. The summed E-state index contributed by atoms with van der Waals surface area (Å²) < 4.78 is 0. The molecule has 2 amide bonds. The molecule has 1 aliphatic heterocycles. The van der Waals surface area contributed by atoms with Crippen LogP contribution in [0.2, 0.25) is 0 Å². The molecule has 0 bridgehead atoms. The average molecular weight is 380 g/mol. The highest BCUT2D eigenvalue weighted by atomic mass is 35.5. The van der Waals surface area contributed by atoms with Gasteiger partial charge in [0, 0.05) is 31.7 Å². The van der Waals surface area contributed by atoms with Gasteiger partial charge in [-0.15, -0.1) is 12.4 Å². The van der Waals surface area contributed by atoms with Gasteiger partial charge in [-0.25, -0.2) is 0 Å². The van der Waals surface area contributed by atoms with Gasteiger partial charge in [-0.3, -0.25) is 9.59 Å². The van der Waals surface area contributed by atoms with Crippen molar-refractivity contribution in [1.82, 2.24) is 9.80 Å². The second-order valence-corrected chi connectivity index (χ2v) is 7.35. The van der Waals surface area contributed by atoms with Crippen LogP contribution in [0, 0.1) is 0 Å². The Morgan fingerprint density at radius 2 is 1.50 bits per heavy atom. The number of halogens is 1. The number of benzene rings is 1. The highest BCUT2D eigenvalue weighted by Crippen LogP contribution is 2.28. The summed E-state index contributed by atoms with van der Waals surface area (Å²) in [7, 11) is 0. The van der Waals surface area contributed by atoms with E-state index in [2.05, 4.69) is 6.92 Å². The molecule has 1 aliphatic carbocycles. The normalized spacial score (nSPS) is 19.6. The highest BCUT2D eigenvalue weighted by Gasteiger charge is 2.39. The Morgan fingerprint density at radius 1 is 0.962 bits per heavy atom. The summed E-state index contributed by atoms with van der Waals surface area (Å²) in [6.07, 6.45) is 5.79. The number of aryl methyl sites for hydroxylation is 1. The van der Waals surface area contributed by atoms with Crippen molar-refractivity contribution in [3.05, 3.63) is 35.4 Å². The van der Waals surface area contributed by atoms with Gasteiger partial charge >= 0.3 is 0 Å². The number of amides is 2. The molecular formula is C20H30ClN3O2. The molecule has 2 fully saturated rings. The van der Waals surface area contributed by atoms with Gasteiger partial charge in [0.05, 0.1) is 5.54 Å². The van der Waals surface area contributed by atoms with Gasteiger partial charge < -0.3 is 15.5 Å². The molecular weight excluding hydrogens is 350 g/mol. The molecule has 1 heterocycles. The van der Waals surface area contributed by atoms with E-state index in [0.29, 0.717) is 26.2 Å². The van der Waals surface area contributed by atoms with Gasteiger partial charge in [-0.2, -0.15) is 0 Å². The first-order chi connectivity index (χ1) is 12.0. The first kappa shape index (κ1) is 20.7. The summed E-state index contributed by atoms with van der Waals surface area (Å²) in [5, 5.41) is 0. The predicted octanol–water partition coefficient (Wildman–Crippen LogP) is 2.62. The van der Waals surface area contributed by atoms with Crippen LogP contribution in [0.1, 0.15) is 54.9 Å². The monoisotopic (exact) mass is 379 g/mol. The van der Waals surface area contributed by atoms with Crippen LogP contribution in [-0.2, 0) is 11.2 Å². The fourth-order valence-electron chi connectivity index (χ4n) is 3.89. The van der Waals surface area contributed by atoms with Crippen molar-refractivity contribution in [3.63, 3.8) is 0 Å². The number of hydrogen-bond donors (Lipinski definition) is 1. The number of nitrogens with zero attached hydrogens (tertiary/aromatic N) is 2. The maximum atomic E-state index is 12.8. The Hall–Kier alpha value is -1.59. The van der Waals surface area contributed by atoms with Crippen molar-refractivity contribution < 1.29 is 9.59 Å². The van der Waals surface area contributed by atoms with E-state index < -0.39 is 5.54 Å². The van der Waals surface area contributed by atoms with Gasteiger partial charge in [-0.1, -0.05) is 38.3 Å². The second-order valence-electron chi connectivity index (χ2n) is 7.35. The summed E-state index contributed by atoms with van der Waals surface area (Å²) in [5.74, 6) is 0.126. The van der Waals surface area contributed by atoms with Gasteiger partial charge in [0.2, 0.25) is 5.91 Å². The molecule has 26 heavy (non-hydrogen) atoms. The Morgan fingerprint density at radius 3 is 2.04 bits per heavy atom. The van der Waals surface area contributed by atoms with Crippen molar-refractivity contribution >= 4 is 24.2 Å². The molecule has 5 nitrogen and oxygen atoms in total. The van der Waals surface area contributed by atoms with E-state index in [4.69, 9.17) is 5.73 Å². The van der Waals surface area contributed by atoms with Gasteiger partial charge in [0.15, 0.2) is 0 Å². The summed E-state index contributed by atoms with van der Waals surface area (Å²) in [6, 6.07) is 7.81. The number of piperazine rings is 1. The van der Waals surface area contributed by atoms with E-state index in [1.54, 1.807) is 0 Å². The van der Waals surface area contributed by atoms with E-state index >= 15 is 0 Å². The largest absolute Gasteiger partial charge is 0.338 e. The average Bonchev–Trinajstić information content (AvgIpc) is 2.67. The minimum absolute atomic E-state index is 0. The second kappa shape index (κ2) is 8.87. The van der Waals surface area contributed by atoms with Crippen LogP contribution in [0.4, 0.5) is 0 Å². The molecule has 144 valence electrons. The van der Waals surface area contributed by atoms with Crippen LogP contribution in [0.25, 0.3) is 0 Å². The maximum absolute atomic E-state index is 12.8. The molecule has 3 rings (SSSR count). The highest BCUT2D eigenvalue weighted by molar-refractivity contribution is 5.94. The zero-order valence-electron chi connectivity index (χ0n) is 15.6. The molecule has 1 aromatic rings. The van der Waals surface area contributed by atoms with Crippen LogP contribution in [0.15, 0.2) is 24.3 Å². The smallest absolute Gasteiger partial charge is 0.253 e. The van der Waals surface area contributed by atoms with E-state index in [1.807, 2.05) is 34.1 Å². The Labute approximate surface area is 162 Å². The molecule has 1 saturated heterocycles. The minimum atomic E-state index is -0.680. The molecule has 2 aliphatic rings. The van der Waals surface area contributed by atoms with Crippen LogP contribution >= 0.6 is 12.4 Å². The Bertz CT molecular complexity index is 618. The lowest BCUT2D eigenvalue weighted by Crippen LogP contribution is -2.60. The van der Waals surface area contributed by atoms with Crippen LogP contribution < -0.4 is 5.73 Å². The van der Waals surface area contributed by atoms with Crippen molar-refractivity contribution in [2.75, 3.05) is 26.2 Å². The minimum Gasteiger partial charge on any atom is -0.338 e. The van der Waals surface area contributed by atoms with Gasteiger partial charge in [0.25, 0.3) is 5.91 Å². The lowest BCUT2D eigenvalue weighted by molar-refractivity contribution is -0.139. The lowest BCUT2D eigenvalue weighted by atomic mass is 9.81. The van der Waals surface area contributed by atoms with Crippen molar-refractivity contribution in [2.24, 2.45) is 5.73 Å². The SMILES string of the molecule is CCc1ccc(C(=O)N2CCN(C(=O)C3(N)CCCCC3)CC2)cc1.Cl. The number of rotatable bonds is 3. The van der Waals surface area contributed by atoms with E-state index in [9.17, 15) is 9.59 Å². The zero-order valence-corrected chi connectivity index (χ0v) is 16.4. The summed E-state index contributed by atoms with van der Waals surface area (Å²) in [6.45, 7) is 4.42. The molecule has 0 radical (unpaired) electrons. The Kier molecular flexibility index (Phi) is 7.07. The summed E-state index contributed by atoms with van der Waals surface area (Å²) >= 11 is 0. The number of carbonyl (C=O) groups is 2. The topological polar surface area (TPSA) is 66.6 Å². The Balaban J connectivity index is 0.00000243. The van der Waals surface area contributed by atoms with Crippen molar-refractivity contribution in [3.8, 4) is 0 Å². The van der Waals surface area contributed by atoms with Gasteiger partial charge in [0.1, 0.15) is 0 Å². The third-order valence-electron chi connectivity index (χ3n) is 5.63. The quantitative estimate of drug-likeness (QED) is 0.877. The van der Waals surface area contributed by atoms with Gasteiger partial charge in [-0.05, 0) is 37.0 Å². The third-order valence-corrected chi connectivity index (χ3v) is 5.63. The van der Waals surface area contributed by atoms with Crippen molar-refractivity contribution in [1.29, 1.82) is 0 Å². The molecule has 1 aromatic carbocycles. The third kappa shape index (κ3) is 4.38.